The van der Waals surface area contributed by atoms with Crippen LogP contribution in [-0.4, -0.2) is 33.7 Å². The summed E-state index contributed by atoms with van der Waals surface area (Å²) >= 11 is 1.40. The number of H-pyrrole nitrogens is 1. The summed E-state index contributed by atoms with van der Waals surface area (Å²) in [6.07, 6.45) is 0. The van der Waals surface area contributed by atoms with E-state index in [1.807, 2.05) is 27.7 Å². The molecule has 3 rings (SSSR count). The summed E-state index contributed by atoms with van der Waals surface area (Å²) < 4.78 is 1.28. The quantitative estimate of drug-likeness (QED) is 0.624. The summed E-state index contributed by atoms with van der Waals surface area (Å²) in [5.74, 6) is -0.159. The molecule has 0 fully saturated rings. The van der Waals surface area contributed by atoms with Crippen LogP contribution < -0.4 is 27.2 Å². The Kier molecular flexibility index (Phi) is 6.59. The van der Waals surface area contributed by atoms with E-state index in [0.717, 1.165) is 4.90 Å². The number of nitrogen functional groups attached to an aromatic ring is 1. The first-order valence-electron chi connectivity index (χ1n) is 10.1. The molecule has 0 bridgehead atoms. The average Bonchev–Trinajstić information content (AvgIpc) is 2.68. The number of carbonyl (C=O) groups excluding carboxylic acids is 2. The van der Waals surface area contributed by atoms with E-state index in [2.05, 4.69) is 10.3 Å². The number of anilines is 3. The number of nitrogens with one attached hydrogen (secondary N) is 2. The second kappa shape index (κ2) is 9.01. The molecule has 1 aliphatic heterocycles. The van der Waals surface area contributed by atoms with Gasteiger partial charge in [-0.25, -0.2) is 4.79 Å². The van der Waals surface area contributed by atoms with Crippen LogP contribution in [0.2, 0.25) is 0 Å². The number of nitrogens with zero attached hydrogens (tertiary/aromatic N) is 2. The highest BCUT2D eigenvalue weighted by Crippen LogP contribution is 2.33. The minimum Gasteiger partial charge on any atom is -0.383 e. The largest absolute Gasteiger partial charge is 0.383 e. The highest BCUT2D eigenvalue weighted by molar-refractivity contribution is 8.00. The molecule has 0 saturated heterocycles. The van der Waals surface area contributed by atoms with Crippen LogP contribution in [0.3, 0.4) is 0 Å². The first-order valence-corrected chi connectivity index (χ1v) is 11.1. The van der Waals surface area contributed by atoms with Crippen LogP contribution in [0, 0.1) is 11.8 Å². The summed E-state index contributed by atoms with van der Waals surface area (Å²) in [4.78, 5) is 54.7. The Labute approximate surface area is 184 Å². The van der Waals surface area contributed by atoms with Crippen LogP contribution in [-0.2, 0) is 11.3 Å². The number of hydrogen-bond acceptors (Lipinski definition) is 6. The molecule has 1 aromatic heterocycles. The predicted octanol–water partition coefficient (Wildman–Crippen LogP) is 2.12. The SMILES string of the molecule is CC(C)CN(C(=O)c1ccc2c(c1)NC(=O)CS2)c1c(N)n(CC(C)C)c(=O)[nH]c1=O. The van der Waals surface area contributed by atoms with E-state index in [1.165, 1.54) is 21.2 Å². The maximum Gasteiger partial charge on any atom is 0.330 e. The zero-order valence-electron chi connectivity index (χ0n) is 18.0. The van der Waals surface area contributed by atoms with Gasteiger partial charge < -0.3 is 16.0 Å². The third-order valence-electron chi connectivity index (χ3n) is 4.68. The molecular formula is C21H27N5O4S. The lowest BCUT2D eigenvalue weighted by atomic mass is 10.1. The second-order valence-electron chi connectivity index (χ2n) is 8.35. The number of thioether (sulfide) groups is 1. The van der Waals surface area contributed by atoms with Crippen molar-refractivity contribution in [3.05, 3.63) is 44.6 Å². The highest BCUT2D eigenvalue weighted by atomic mass is 32.2. The van der Waals surface area contributed by atoms with Crippen LogP contribution in [0.25, 0.3) is 0 Å². The van der Waals surface area contributed by atoms with E-state index in [4.69, 9.17) is 5.73 Å². The van der Waals surface area contributed by atoms with Gasteiger partial charge in [0.25, 0.3) is 11.5 Å². The molecule has 10 heteroatoms. The third kappa shape index (κ3) is 4.84. The summed E-state index contributed by atoms with van der Waals surface area (Å²) in [5, 5.41) is 2.77. The number of hydrogen-bond donors (Lipinski definition) is 3. The predicted molar refractivity (Wildman–Crippen MR) is 123 cm³/mol. The molecule has 0 spiro atoms. The number of nitrogens with two attached hydrogens (primary N) is 1. The maximum absolute atomic E-state index is 13.5. The molecule has 0 atom stereocenters. The molecule has 9 nitrogen and oxygen atoms in total. The van der Waals surface area contributed by atoms with Crippen LogP contribution >= 0.6 is 11.8 Å². The van der Waals surface area contributed by atoms with Crippen molar-refractivity contribution in [1.82, 2.24) is 9.55 Å². The lowest BCUT2D eigenvalue weighted by molar-refractivity contribution is -0.113. The zero-order chi connectivity index (χ0) is 22.9. The number of fused-ring (bicyclic) bond motifs is 1. The first-order chi connectivity index (χ1) is 14.6. The molecule has 4 N–H and O–H groups in total. The number of carbonyl (C=O) groups is 2. The van der Waals surface area contributed by atoms with Gasteiger partial charge >= 0.3 is 5.69 Å². The van der Waals surface area contributed by atoms with Crippen molar-refractivity contribution in [2.24, 2.45) is 11.8 Å². The van der Waals surface area contributed by atoms with Crippen LogP contribution in [0.4, 0.5) is 17.2 Å². The molecule has 31 heavy (non-hydrogen) atoms. The minimum absolute atomic E-state index is 0.0288. The van der Waals surface area contributed by atoms with Gasteiger partial charge in [0.05, 0.1) is 11.4 Å². The molecule has 1 aromatic carbocycles. The number of aromatic nitrogens is 2. The summed E-state index contributed by atoms with van der Waals surface area (Å²) in [7, 11) is 0. The van der Waals surface area contributed by atoms with Gasteiger partial charge in [-0.3, -0.25) is 23.9 Å². The van der Waals surface area contributed by atoms with Gasteiger partial charge in [0.2, 0.25) is 5.91 Å². The van der Waals surface area contributed by atoms with Gasteiger partial charge in [-0.05, 0) is 30.0 Å². The number of amides is 2. The van der Waals surface area contributed by atoms with Crippen LogP contribution in [0.15, 0.2) is 32.7 Å². The van der Waals surface area contributed by atoms with Gasteiger partial charge in [0.1, 0.15) is 5.82 Å². The molecule has 2 aromatic rings. The van der Waals surface area contributed by atoms with Crippen molar-refractivity contribution in [2.75, 3.05) is 28.2 Å². The molecule has 0 saturated carbocycles. The summed E-state index contributed by atoms with van der Waals surface area (Å²) in [6, 6.07) is 5.03. The van der Waals surface area contributed by atoms with Crippen molar-refractivity contribution >= 4 is 40.8 Å². The normalized spacial score (nSPS) is 13.3. The number of aromatic amines is 1. The molecule has 0 radical (unpaired) electrons. The average molecular weight is 446 g/mol. The molecule has 0 aliphatic carbocycles. The highest BCUT2D eigenvalue weighted by Gasteiger charge is 2.27. The van der Waals surface area contributed by atoms with E-state index in [-0.39, 0.29) is 35.8 Å². The fourth-order valence-electron chi connectivity index (χ4n) is 3.40. The molecular weight excluding hydrogens is 418 g/mol. The Morgan fingerprint density at radius 1 is 1.19 bits per heavy atom. The van der Waals surface area contributed by atoms with Crippen LogP contribution in [0.5, 0.6) is 0 Å². The number of rotatable bonds is 6. The van der Waals surface area contributed by atoms with E-state index in [9.17, 15) is 19.2 Å². The monoisotopic (exact) mass is 445 g/mol. The van der Waals surface area contributed by atoms with E-state index in [1.54, 1.807) is 18.2 Å². The minimum atomic E-state index is -0.710. The molecule has 0 unspecified atom stereocenters. The Bertz CT molecular complexity index is 1140. The van der Waals surface area contributed by atoms with E-state index in [0.29, 0.717) is 23.5 Å². The lowest BCUT2D eigenvalue weighted by Crippen LogP contribution is -2.43. The van der Waals surface area contributed by atoms with Crippen molar-refractivity contribution in [1.29, 1.82) is 0 Å². The molecule has 2 amide bonds. The second-order valence-corrected chi connectivity index (χ2v) is 9.37. The van der Waals surface area contributed by atoms with Crippen molar-refractivity contribution < 1.29 is 9.59 Å². The van der Waals surface area contributed by atoms with Gasteiger partial charge in [-0.15, -0.1) is 11.8 Å². The topological polar surface area (TPSA) is 130 Å². The zero-order valence-corrected chi connectivity index (χ0v) is 18.8. The fraction of sp³-hybridized carbons (Fsp3) is 0.429. The standard InChI is InChI=1S/C21H27N5O4S/c1-11(2)8-25(17-18(22)26(9-12(3)4)21(30)24-19(17)28)20(29)13-5-6-15-14(7-13)23-16(27)10-31-15/h5-7,11-12H,8-10,22H2,1-4H3,(H,23,27)(H,24,28,30). The Hall–Kier alpha value is -3.01. The lowest BCUT2D eigenvalue weighted by Gasteiger charge is -2.27. The first kappa shape index (κ1) is 22.7. The van der Waals surface area contributed by atoms with Crippen molar-refractivity contribution in [2.45, 2.75) is 39.1 Å². The molecule has 1 aliphatic rings. The summed E-state index contributed by atoms with van der Waals surface area (Å²) in [6.45, 7) is 8.21. The van der Waals surface area contributed by atoms with Gasteiger partial charge in [0, 0.05) is 23.5 Å². The Morgan fingerprint density at radius 3 is 2.55 bits per heavy atom. The Morgan fingerprint density at radius 2 is 1.90 bits per heavy atom. The van der Waals surface area contributed by atoms with Crippen molar-refractivity contribution in [3.63, 3.8) is 0 Å². The van der Waals surface area contributed by atoms with Crippen LogP contribution in [0.1, 0.15) is 38.1 Å². The fourth-order valence-corrected chi connectivity index (χ4v) is 4.19. The van der Waals surface area contributed by atoms with Crippen molar-refractivity contribution in [3.8, 4) is 0 Å². The summed E-state index contributed by atoms with van der Waals surface area (Å²) in [5.41, 5.74) is 5.75. The maximum atomic E-state index is 13.5. The van der Waals surface area contributed by atoms with Gasteiger partial charge in [-0.1, -0.05) is 27.7 Å². The molecule has 2 heterocycles. The van der Waals surface area contributed by atoms with E-state index < -0.39 is 17.2 Å². The smallest absolute Gasteiger partial charge is 0.330 e. The third-order valence-corrected chi connectivity index (χ3v) is 5.76. The number of benzene rings is 1. The van der Waals surface area contributed by atoms with Gasteiger partial charge in [0.15, 0.2) is 5.69 Å². The van der Waals surface area contributed by atoms with Gasteiger partial charge in [-0.2, -0.15) is 0 Å². The van der Waals surface area contributed by atoms with E-state index >= 15 is 0 Å². The Balaban J connectivity index is 2.10. The molecule has 166 valence electrons.